The first-order valence-corrected chi connectivity index (χ1v) is 14.4. The molecule has 0 amide bonds. The van der Waals surface area contributed by atoms with Crippen LogP contribution >= 0.6 is 15.9 Å². The molecule has 0 unspecified atom stereocenters. The molecular formula is C27H30BrN5O5S. The summed E-state index contributed by atoms with van der Waals surface area (Å²) in [5, 5.41) is 13.9. The van der Waals surface area contributed by atoms with Crippen LogP contribution in [0.5, 0.6) is 11.9 Å². The van der Waals surface area contributed by atoms with E-state index >= 15 is 0 Å². The molecule has 0 aliphatic rings. The number of benzene rings is 2. The van der Waals surface area contributed by atoms with Crippen LogP contribution in [0.3, 0.4) is 0 Å². The van der Waals surface area contributed by atoms with E-state index in [0.29, 0.717) is 16.7 Å². The second-order valence-electron chi connectivity index (χ2n) is 9.77. The average Bonchev–Trinajstić information content (AvgIpc) is 3.21. The van der Waals surface area contributed by atoms with Crippen LogP contribution in [0, 0.1) is 0 Å². The van der Waals surface area contributed by atoms with Crippen molar-refractivity contribution in [3.8, 4) is 23.0 Å². The monoisotopic (exact) mass is 615 g/mol. The van der Waals surface area contributed by atoms with Crippen LogP contribution in [0.15, 0.2) is 70.3 Å². The summed E-state index contributed by atoms with van der Waals surface area (Å²) in [6.07, 6.45) is 3.15. The third-order valence-corrected chi connectivity index (χ3v) is 7.62. The fourth-order valence-corrected chi connectivity index (χ4v) is 5.03. The van der Waals surface area contributed by atoms with Gasteiger partial charge in [0.1, 0.15) is 19.0 Å². The molecule has 2 aromatic heterocycles. The Morgan fingerprint density at radius 2 is 1.59 bits per heavy atom. The quantitative estimate of drug-likeness (QED) is 0.246. The van der Waals surface area contributed by atoms with E-state index in [1.165, 1.54) is 4.68 Å². The molecule has 10 nitrogen and oxygen atoms in total. The van der Waals surface area contributed by atoms with Crippen molar-refractivity contribution in [2.75, 3.05) is 17.9 Å². The average molecular weight is 617 g/mol. The summed E-state index contributed by atoms with van der Waals surface area (Å²) in [5.41, 5.74) is 2.75. The highest BCUT2D eigenvalue weighted by molar-refractivity contribution is 9.10. The highest BCUT2D eigenvalue weighted by atomic mass is 79.9. The van der Waals surface area contributed by atoms with Crippen molar-refractivity contribution in [1.29, 1.82) is 0 Å². The number of hydrogen-bond acceptors (Lipinski definition) is 8. The lowest BCUT2D eigenvalue weighted by atomic mass is 9.87. The van der Waals surface area contributed by atoms with E-state index in [9.17, 15) is 13.5 Å². The van der Waals surface area contributed by atoms with Crippen LogP contribution in [0.2, 0.25) is 0 Å². The van der Waals surface area contributed by atoms with Gasteiger partial charge in [0.25, 0.3) is 10.0 Å². The number of aromatic nitrogens is 4. The topological polar surface area (TPSA) is 128 Å². The second kappa shape index (κ2) is 11.7. The molecule has 0 saturated heterocycles. The molecule has 206 valence electrons. The SMILES string of the molecule is Cn1nc(OCCOc2ncc(Br)cn2)c(-c2ccc(CO)cc2)c1NS(=O)(=O)c1ccc(C(C)(C)C)cc1. The van der Waals surface area contributed by atoms with Gasteiger partial charge in [-0.2, -0.15) is 0 Å². The minimum absolute atomic E-state index is 0.106. The highest BCUT2D eigenvalue weighted by Crippen LogP contribution is 2.38. The summed E-state index contributed by atoms with van der Waals surface area (Å²) in [4.78, 5) is 8.24. The van der Waals surface area contributed by atoms with Gasteiger partial charge in [-0.15, -0.1) is 5.10 Å². The third kappa shape index (κ3) is 6.94. The van der Waals surface area contributed by atoms with Crippen molar-refractivity contribution >= 4 is 31.8 Å². The predicted octanol–water partition coefficient (Wildman–Crippen LogP) is 4.69. The number of aliphatic hydroxyl groups excluding tert-OH is 1. The Hall–Kier alpha value is -3.48. The van der Waals surface area contributed by atoms with Gasteiger partial charge in [-0.1, -0.05) is 57.2 Å². The molecule has 4 aromatic rings. The zero-order valence-electron chi connectivity index (χ0n) is 22.1. The van der Waals surface area contributed by atoms with Gasteiger partial charge in [0.15, 0.2) is 0 Å². The lowest BCUT2D eigenvalue weighted by molar-refractivity contribution is 0.201. The molecule has 0 radical (unpaired) electrons. The summed E-state index contributed by atoms with van der Waals surface area (Å²) in [7, 11) is -2.31. The standard InChI is InChI=1S/C27H30BrN5O5S/c1-27(2,3)20-9-11-22(12-10-20)39(35,36)32-24-23(19-7-5-18(17-34)6-8-19)25(31-33(24)4)37-13-14-38-26-29-15-21(28)16-30-26/h5-12,15-16,32,34H,13-14,17H2,1-4H3. The minimum atomic E-state index is -3.94. The van der Waals surface area contributed by atoms with Gasteiger partial charge in [-0.05, 0) is 50.2 Å². The van der Waals surface area contributed by atoms with Crippen molar-refractivity contribution < 1.29 is 23.0 Å². The number of hydrogen-bond donors (Lipinski definition) is 2. The Labute approximate surface area is 236 Å². The Morgan fingerprint density at radius 1 is 0.974 bits per heavy atom. The molecule has 12 heteroatoms. The van der Waals surface area contributed by atoms with Gasteiger partial charge in [0.2, 0.25) is 5.88 Å². The first kappa shape index (κ1) is 28.5. The minimum Gasteiger partial charge on any atom is -0.472 e. The molecular weight excluding hydrogens is 586 g/mol. The summed E-state index contributed by atoms with van der Waals surface area (Å²) >= 11 is 3.27. The molecule has 2 aromatic carbocycles. The molecule has 0 bridgehead atoms. The molecule has 2 heterocycles. The van der Waals surface area contributed by atoms with Crippen LogP contribution in [0.1, 0.15) is 31.9 Å². The number of rotatable bonds is 10. The first-order valence-electron chi connectivity index (χ1n) is 12.1. The smallest absolute Gasteiger partial charge is 0.316 e. The van der Waals surface area contributed by atoms with E-state index < -0.39 is 10.0 Å². The number of halogens is 1. The largest absolute Gasteiger partial charge is 0.472 e. The molecule has 4 rings (SSSR count). The number of nitrogens with zero attached hydrogens (tertiary/aromatic N) is 4. The highest BCUT2D eigenvalue weighted by Gasteiger charge is 2.25. The lowest BCUT2D eigenvalue weighted by Crippen LogP contribution is -2.17. The lowest BCUT2D eigenvalue weighted by Gasteiger charge is -2.19. The number of ether oxygens (including phenoxy) is 2. The summed E-state index contributed by atoms with van der Waals surface area (Å²) in [5.74, 6) is 0.453. The zero-order chi connectivity index (χ0) is 28.2. The number of sulfonamides is 1. The normalized spacial score (nSPS) is 11.8. The molecule has 0 aliphatic carbocycles. The van der Waals surface area contributed by atoms with Crippen LogP contribution in [-0.4, -0.2) is 46.5 Å². The van der Waals surface area contributed by atoms with Crippen LogP contribution < -0.4 is 14.2 Å². The number of anilines is 1. The van der Waals surface area contributed by atoms with Gasteiger partial charge < -0.3 is 14.6 Å². The predicted molar refractivity (Wildman–Crippen MR) is 151 cm³/mol. The summed E-state index contributed by atoms with van der Waals surface area (Å²) in [6, 6.07) is 14.1. The maximum Gasteiger partial charge on any atom is 0.316 e. The fraction of sp³-hybridized carbons (Fsp3) is 0.296. The maximum absolute atomic E-state index is 13.4. The number of nitrogens with one attached hydrogen (secondary N) is 1. The van der Waals surface area contributed by atoms with E-state index in [2.05, 4.69) is 56.5 Å². The van der Waals surface area contributed by atoms with Crippen molar-refractivity contribution in [1.82, 2.24) is 19.7 Å². The van der Waals surface area contributed by atoms with E-state index in [4.69, 9.17) is 9.47 Å². The van der Waals surface area contributed by atoms with E-state index in [-0.39, 0.29) is 47.8 Å². The van der Waals surface area contributed by atoms with Crippen LogP contribution in [-0.2, 0) is 29.1 Å². The molecule has 0 atom stereocenters. The molecule has 0 spiro atoms. The van der Waals surface area contributed by atoms with Crippen molar-refractivity contribution in [2.24, 2.45) is 7.05 Å². The van der Waals surface area contributed by atoms with E-state index in [0.717, 1.165) is 10.0 Å². The zero-order valence-corrected chi connectivity index (χ0v) is 24.5. The Balaban J connectivity index is 1.61. The van der Waals surface area contributed by atoms with Crippen molar-refractivity contribution in [3.63, 3.8) is 0 Å². The Kier molecular flexibility index (Phi) is 8.57. The summed E-state index contributed by atoms with van der Waals surface area (Å²) in [6.45, 7) is 6.34. The molecule has 0 saturated carbocycles. The second-order valence-corrected chi connectivity index (χ2v) is 12.4. The van der Waals surface area contributed by atoms with Crippen molar-refractivity contribution in [2.45, 2.75) is 37.7 Å². The van der Waals surface area contributed by atoms with Gasteiger partial charge >= 0.3 is 6.01 Å². The van der Waals surface area contributed by atoms with Gasteiger partial charge in [-0.25, -0.2) is 23.1 Å². The molecule has 39 heavy (non-hydrogen) atoms. The summed E-state index contributed by atoms with van der Waals surface area (Å²) < 4.78 is 43.1. The molecule has 2 N–H and O–H groups in total. The molecule has 0 fully saturated rings. The van der Waals surface area contributed by atoms with Crippen LogP contribution in [0.4, 0.5) is 5.82 Å². The Morgan fingerprint density at radius 3 is 2.18 bits per heavy atom. The fourth-order valence-electron chi connectivity index (χ4n) is 3.72. The number of aliphatic hydroxyl groups is 1. The molecule has 0 aliphatic heterocycles. The van der Waals surface area contributed by atoms with Gasteiger partial charge in [0.05, 0.1) is 21.5 Å². The van der Waals surface area contributed by atoms with Crippen LogP contribution in [0.25, 0.3) is 11.1 Å². The third-order valence-electron chi connectivity index (χ3n) is 5.85. The first-order chi connectivity index (χ1) is 18.5. The van der Waals surface area contributed by atoms with E-state index in [1.54, 1.807) is 55.8 Å². The maximum atomic E-state index is 13.4. The van der Waals surface area contributed by atoms with E-state index in [1.807, 2.05) is 12.1 Å². The number of aryl methyl sites for hydroxylation is 1. The van der Waals surface area contributed by atoms with Gasteiger partial charge in [0, 0.05) is 19.4 Å². The Bertz CT molecular complexity index is 1520. The van der Waals surface area contributed by atoms with Gasteiger partial charge in [-0.3, -0.25) is 4.72 Å². The van der Waals surface area contributed by atoms with Crippen molar-refractivity contribution in [3.05, 3.63) is 76.5 Å².